The number of carbonyl (C=O) groups excluding carboxylic acids is 1. The van der Waals surface area contributed by atoms with Gasteiger partial charge in [0.15, 0.2) is 0 Å². The molecule has 1 N–H and O–H groups in total. The first kappa shape index (κ1) is 10.2. The van der Waals surface area contributed by atoms with Gasteiger partial charge in [0, 0.05) is 6.92 Å². The summed E-state index contributed by atoms with van der Waals surface area (Å²) in [6.07, 6.45) is 0. The largest absolute Gasteiger partial charge is 0.535 e. The minimum atomic E-state index is -5.67. The standard InChI is InChI=1S/C3H4F2O5S/c1-2(6)10-3(4,5)11(7,8)9/h1H3,(H,7,8,9). The van der Waals surface area contributed by atoms with Gasteiger partial charge in [0.1, 0.15) is 0 Å². The van der Waals surface area contributed by atoms with E-state index in [9.17, 15) is 22.0 Å². The van der Waals surface area contributed by atoms with E-state index in [1.807, 2.05) is 0 Å². The SMILES string of the molecule is CC(=O)OC(F)(F)S(=O)(=O)O. The zero-order chi connectivity index (χ0) is 9.28. The number of hydrogen-bond donors (Lipinski definition) is 1. The molecule has 0 rings (SSSR count). The van der Waals surface area contributed by atoms with Crippen molar-refractivity contribution in [2.24, 2.45) is 0 Å². The molecule has 8 heteroatoms. The number of carbonyl (C=O) groups is 1. The number of ether oxygens (including phenoxy) is 1. The van der Waals surface area contributed by atoms with Crippen molar-refractivity contribution in [3.05, 3.63) is 0 Å². The van der Waals surface area contributed by atoms with Crippen LogP contribution in [0.2, 0.25) is 0 Å². The predicted molar refractivity (Wildman–Crippen MR) is 28.3 cm³/mol. The summed E-state index contributed by atoms with van der Waals surface area (Å²) in [6, 6.07) is 0. The number of halogens is 2. The molecular formula is C3H4F2O5S. The number of alkyl halides is 2. The lowest BCUT2D eigenvalue weighted by Crippen LogP contribution is -2.33. The molecule has 66 valence electrons. The molecule has 0 aromatic carbocycles. The number of rotatable bonds is 2. The van der Waals surface area contributed by atoms with E-state index in [0.29, 0.717) is 6.92 Å². The lowest BCUT2D eigenvalue weighted by atomic mass is 10.8. The van der Waals surface area contributed by atoms with Gasteiger partial charge in [-0.3, -0.25) is 9.35 Å². The van der Waals surface area contributed by atoms with Crippen molar-refractivity contribution < 1.29 is 31.3 Å². The van der Waals surface area contributed by atoms with Gasteiger partial charge in [0.25, 0.3) is 0 Å². The maximum atomic E-state index is 11.9. The number of esters is 1. The first-order chi connectivity index (χ1) is 4.67. The third-order valence-corrected chi connectivity index (χ3v) is 1.25. The second kappa shape index (κ2) is 2.70. The van der Waals surface area contributed by atoms with Crippen LogP contribution in [-0.4, -0.2) is 24.4 Å². The van der Waals surface area contributed by atoms with Crippen LogP contribution >= 0.6 is 0 Å². The highest BCUT2D eigenvalue weighted by atomic mass is 32.2. The van der Waals surface area contributed by atoms with Crippen molar-refractivity contribution >= 4 is 16.1 Å². The average Bonchev–Trinajstić information content (AvgIpc) is 1.56. The van der Waals surface area contributed by atoms with Crippen molar-refractivity contribution in [3.63, 3.8) is 0 Å². The molecule has 0 saturated heterocycles. The van der Waals surface area contributed by atoms with Crippen LogP contribution in [0.5, 0.6) is 0 Å². The third kappa shape index (κ3) is 2.76. The molecule has 0 aliphatic carbocycles. The predicted octanol–water partition coefficient (Wildman–Crippen LogP) is -0.0124. The van der Waals surface area contributed by atoms with Gasteiger partial charge < -0.3 is 4.74 Å². The molecule has 0 spiro atoms. The summed E-state index contributed by atoms with van der Waals surface area (Å²) in [5, 5.41) is 0. The minimum absolute atomic E-state index is 0.582. The summed E-state index contributed by atoms with van der Waals surface area (Å²) in [5.74, 6) is -1.51. The molecule has 0 aliphatic rings. The Morgan fingerprint density at radius 3 is 2.00 bits per heavy atom. The maximum Gasteiger partial charge on any atom is 0.535 e. The zero-order valence-corrected chi connectivity index (χ0v) is 6.06. The van der Waals surface area contributed by atoms with Gasteiger partial charge in [-0.25, -0.2) is 0 Å². The molecule has 0 amide bonds. The average molecular weight is 190 g/mol. The topological polar surface area (TPSA) is 80.7 Å². The van der Waals surface area contributed by atoms with Crippen molar-refractivity contribution in [2.75, 3.05) is 0 Å². The molecule has 0 saturated carbocycles. The van der Waals surface area contributed by atoms with E-state index in [-0.39, 0.29) is 0 Å². The van der Waals surface area contributed by atoms with Crippen LogP contribution in [-0.2, 0) is 19.6 Å². The second-order valence-corrected chi connectivity index (χ2v) is 2.96. The molecule has 0 aromatic rings. The molecule has 11 heavy (non-hydrogen) atoms. The van der Waals surface area contributed by atoms with E-state index in [1.54, 1.807) is 0 Å². The smallest absolute Gasteiger partial charge is 0.387 e. The van der Waals surface area contributed by atoms with Crippen molar-refractivity contribution in [3.8, 4) is 0 Å². The van der Waals surface area contributed by atoms with Gasteiger partial charge in [0.2, 0.25) is 0 Å². The molecule has 0 fully saturated rings. The molecule has 5 nitrogen and oxygen atoms in total. The fourth-order valence-corrected chi connectivity index (χ4v) is 0.443. The molecule has 0 atom stereocenters. The summed E-state index contributed by atoms with van der Waals surface area (Å²) >= 11 is 0. The van der Waals surface area contributed by atoms with E-state index in [1.165, 1.54) is 0 Å². The highest BCUT2D eigenvalue weighted by molar-refractivity contribution is 7.86. The second-order valence-electron chi connectivity index (χ2n) is 1.53. The molecule has 0 bridgehead atoms. The Bertz CT molecular complexity index is 255. The normalized spacial score (nSPS) is 12.7. The molecule has 0 aromatic heterocycles. The maximum absolute atomic E-state index is 11.9. The monoisotopic (exact) mass is 190 g/mol. The van der Waals surface area contributed by atoms with Crippen molar-refractivity contribution in [1.29, 1.82) is 0 Å². The van der Waals surface area contributed by atoms with Crippen molar-refractivity contribution in [1.82, 2.24) is 0 Å². The minimum Gasteiger partial charge on any atom is -0.387 e. The lowest BCUT2D eigenvalue weighted by molar-refractivity contribution is -0.191. The highest BCUT2D eigenvalue weighted by Gasteiger charge is 2.48. The van der Waals surface area contributed by atoms with Crippen LogP contribution < -0.4 is 0 Å². The van der Waals surface area contributed by atoms with Crippen LogP contribution in [0.3, 0.4) is 0 Å². The Hall–Kier alpha value is -0.760. The number of hydrogen-bond acceptors (Lipinski definition) is 4. The Kier molecular flexibility index (Phi) is 2.51. The Labute approximate surface area is 60.7 Å². The van der Waals surface area contributed by atoms with Crippen LogP contribution in [0.4, 0.5) is 8.78 Å². The summed E-state index contributed by atoms with van der Waals surface area (Å²) in [7, 11) is -5.67. The lowest BCUT2D eigenvalue weighted by Gasteiger charge is -2.10. The Balaban J connectivity index is 4.62. The summed E-state index contributed by atoms with van der Waals surface area (Å²) < 4.78 is 54.0. The molecule has 0 radical (unpaired) electrons. The molecular weight excluding hydrogens is 186 g/mol. The van der Waals surface area contributed by atoms with Crippen LogP contribution in [0, 0.1) is 0 Å². The van der Waals surface area contributed by atoms with E-state index < -0.39 is 21.5 Å². The van der Waals surface area contributed by atoms with Crippen LogP contribution in [0.25, 0.3) is 0 Å². The molecule has 0 unspecified atom stereocenters. The van der Waals surface area contributed by atoms with E-state index in [4.69, 9.17) is 4.55 Å². The highest BCUT2D eigenvalue weighted by Crippen LogP contribution is 2.21. The van der Waals surface area contributed by atoms with Gasteiger partial charge in [-0.2, -0.15) is 8.42 Å². The van der Waals surface area contributed by atoms with E-state index >= 15 is 0 Å². The van der Waals surface area contributed by atoms with Gasteiger partial charge in [-0.05, 0) is 0 Å². The first-order valence-corrected chi connectivity index (χ1v) is 3.65. The quantitative estimate of drug-likeness (QED) is 0.489. The third-order valence-electron chi connectivity index (χ3n) is 0.563. The fourth-order valence-electron chi connectivity index (χ4n) is 0.220. The van der Waals surface area contributed by atoms with Crippen molar-refractivity contribution in [2.45, 2.75) is 12.4 Å². The fraction of sp³-hybridized carbons (Fsp3) is 0.667. The van der Waals surface area contributed by atoms with E-state index in [2.05, 4.69) is 4.74 Å². The van der Waals surface area contributed by atoms with Gasteiger partial charge in [-0.15, -0.1) is 8.78 Å². The summed E-state index contributed by atoms with van der Waals surface area (Å²) in [4.78, 5) is 9.83. The van der Waals surface area contributed by atoms with E-state index in [0.717, 1.165) is 0 Å². The van der Waals surface area contributed by atoms with Gasteiger partial charge >= 0.3 is 21.5 Å². The zero-order valence-electron chi connectivity index (χ0n) is 5.24. The first-order valence-electron chi connectivity index (χ1n) is 2.21. The molecule has 0 heterocycles. The van der Waals surface area contributed by atoms with Gasteiger partial charge in [0.05, 0.1) is 0 Å². The van der Waals surface area contributed by atoms with Crippen LogP contribution in [0.1, 0.15) is 6.92 Å². The summed E-state index contributed by atoms with van der Waals surface area (Å²) in [6.45, 7) is 0.582. The Morgan fingerprint density at radius 2 is 1.91 bits per heavy atom. The summed E-state index contributed by atoms with van der Waals surface area (Å²) in [5.41, 5.74) is -4.86. The Morgan fingerprint density at radius 1 is 1.55 bits per heavy atom. The van der Waals surface area contributed by atoms with Crippen LogP contribution in [0.15, 0.2) is 0 Å². The van der Waals surface area contributed by atoms with Gasteiger partial charge in [-0.1, -0.05) is 0 Å². The molecule has 0 aliphatic heterocycles.